The van der Waals surface area contributed by atoms with Crippen molar-refractivity contribution in [3.8, 4) is 0 Å². The smallest absolute Gasteiger partial charge is 0.194 e. The first-order valence-electron chi connectivity index (χ1n) is 8.25. The van der Waals surface area contributed by atoms with Crippen LogP contribution in [-0.2, 0) is 24.4 Å². The molecule has 0 spiro atoms. The summed E-state index contributed by atoms with van der Waals surface area (Å²) in [7, 11) is 3.02. The third-order valence-corrected chi connectivity index (χ3v) is 5.50. The van der Waals surface area contributed by atoms with Crippen LogP contribution in [0.2, 0.25) is 0 Å². The largest absolute Gasteiger partial charge is 0.357 e. The summed E-state index contributed by atoms with van der Waals surface area (Å²) in [5.41, 5.74) is 1.19. The lowest BCUT2D eigenvalue weighted by Gasteiger charge is -2.22. The van der Waals surface area contributed by atoms with Crippen LogP contribution in [0.25, 0.3) is 0 Å². The average molecular weight is 425 g/mol. The number of hydrogen-bond donors (Lipinski definition) is 1. The number of aliphatic imine (C=N–C) groups is 1. The Morgan fingerprint density at radius 2 is 2.08 bits per heavy atom. The zero-order valence-corrected chi connectivity index (χ0v) is 17.3. The fourth-order valence-corrected chi connectivity index (χ4v) is 3.96. The summed E-state index contributed by atoms with van der Waals surface area (Å²) in [6.45, 7) is 4.10. The predicted molar refractivity (Wildman–Crippen MR) is 108 cm³/mol. The fraction of sp³-hybridized carbons (Fsp3) is 0.389. The van der Waals surface area contributed by atoms with E-state index in [-0.39, 0.29) is 0 Å². The molecule has 0 saturated carbocycles. The van der Waals surface area contributed by atoms with Crippen molar-refractivity contribution >= 4 is 32.7 Å². The molecule has 136 valence electrons. The molecule has 0 radical (unpaired) electrons. The van der Waals surface area contributed by atoms with Crippen LogP contribution in [0.4, 0.5) is 0 Å². The van der Waals surface area contributed by atoms with Crippen molar-refractivity contribution in [2.75, 3.05) is 25.9 Å². The van der Waals surface area contributed by atoms with E-state index in [1.807, 2.05) is 57.5 Å². The normalized spacial score (nSPS) is 12.9. The Morgan fingerprint density at radius 3 is 2.68 bits per heavy atom. The Hall–Kier alpha value is -1.60. The highest BCUT2D eigenvalue weighted by Gasteiger charge is 2.10. The number of nitrogens with one attached hydrogen (secondary N) is 1. The van der Waals surface area contributed by atoms with Crippen LogP contribution in [0.1, 0.15) is 12.6 Å². The molecule has 1 atom stereocenters. The van der Waals surface area contributed by atoms with E-state index in [4.69, 9.17) is 0 Å². The second kappa shape index (κ2) is 9.77. The van der Waals surface area contributed by atoms with Crippen LogP contribution >= 0.6 is 15.9 Å². The molecule has 0 aliphatic heterocycles. The van der Waals surface area contributed by atoms with Crippen molar-refractivity contribution in [2.24, 2.45) is 12.0 Å². The summed E-state index contributed by atoms with van der Waals surface area (Å²) in [4.78, 5) is 7.56. The number of halogens is 1. The van der Waals surface area contributed by atoms with Gasteiger partial charge in [-0.25, -0.2) is 0 Å². The van der Waals surface area contributed by atoms with E-state index in [2.05, 4.69) is 41.8 Å². The molecule has 1 heterocycles. The first kappa shape index (κ1) is 19.7. The summed E-state index contributed by atoms with van der Waals surface area (Å²) in [6.07, 6.45) is 2.04. The quantitative estimate of drug-likeness (QED) is 0.548. The molecule has 7 heteroatoms. The van der Waals surface area contributed by atoms with Crippen molar-refractivity contribution in [1.82, 2.24) is 14.8 Å². The SMILES string of the molecule is CCNC(=NCCS(=O)c1ccccc1)N(C)Cc1cc(Br)cn1C. The molecule has 0 bridgehead atoms. The van der Waals surface area contributed by atoms with Crippen LogP contribution in [-0.4, -0.2) is 45.5 Å². The van der Waals surface area contributed by atoms with E-state index in [9.17, 15) is 4.21 Å². The van der Waals surface area contributed by atoms with Crippen molar-refractivity contribution in [3.63, 3.8) is 0 Å². The molecule has 0 aliphatic rings. The molecule has 2 rings (SSSR count). The highest BCUT2D eigenvalue weighted by atomic mass is 79.9. The van der Waals surface area contributed by atoms with Gasteiger partial charge in [0.2, 0.25) is 0 Å². The van der Waals surface area contributed by atoms with Gasteiger partial charge in [0, 0.05) is 47.7 Å². The van der Waals surface area contributed by atoms with E-state index in [1.54, 1.807) is 0 Å². The van der Waals surface area contributed by atoms with Crippen LogP contribution in [0, 0.1) is 0 Å². The van der Waals surface area contributed by atoms with Gasteiger partial charge in [-0.05, 0) is 41.1 Å². The maximum absolute atomic E-state index is 12.3. The molecule has 2 aromatic rings. The maximum atomic E-state index is 12.3. The van der Waals surface area contributed by atoms with Gasteiger partial charge in [0.25, 0.3) is 0 Å². The Kier molecular flexibility index (Phi) is 7.71. The summed E-state index contributed by atoms with van der Waals surface area (Å²) in [5, 5.41) is 3.30. The van der Waals surface area contributed by atoms with Crippen LogP contribution in [0.15, 0.2) is 57.0 Å². The molecule has 5 nitrogen and oxygen atoms in total. The number of aryl methyl sites for hydroxylation is 1. The number of nitrogens with zero attached hydrogens (tertiary/aromatic N) is 3. The lowest BCUT2D eigenvalue weighted by molar-refractivity contribution is 0.462. The van der Waals surface area contributed by atoms with Gasteiger partial charge in [0.15, 0.2) is 5.96 Å². The summed E-state index contributed by atoms with van der Waals surface area (Å²) in [6, 6.07) is 11.6. The highest BCUT2D eigenvalue weighted by Crippen LogP contribution is 2.15. The summed E-state index contributed by atoms with van der Waals surface area (Å²) in [5.74, 6) is 1.34. The number of benzene rings is 1. The van der Waals surface area contributed by atoms with Crippen molar-refractivity contribution in [1.29, 1.82) is 0 Å². The van der Waals surface area contributed by atoms with E-state index >= 15 is 0 Å². The molecule has 1 aromatic heterocycles. The van der Waals surface area contributed by atoms with Crippen molar-refractivity contribution in [2.45, 2.75) is 18.4 Å². The first-order valence-corrected chi connectivity index (χ1v) is 10.4. The Balaban J connectivity index is 1.97. The van der Waals surface area contributed by atoms with Crippen LogP contribution in [0.5, 0.6) is 0 Å². The molecule has 1 unspecified atom stereocenters. The van der Waals surface area contributed by atoms with E-state index < -0.39 is 10.8 Å². The van der Waals surface area contributed by atoms with Crippen molar-refractivity contribution < 1.29 is 4.21 Å². The molecule has 1 N–H and O–H groups in total. The molecule has 0 amide bonds. The highest BCUT2D eigenvalue weighted by molar-refractivity contribution is 9.10. The maximum Gasteiger partial charge on any atom is 0.194 e. The minimum atomic E-state index is -1.02. The van der Waals surface area contributed by atoms with Gasteiger partial charge in [0.1, 0.15) is 0 Å². The van der Waals surface area contributed by atoms with Crippen molar-refractivity contribution in [3.05, 3.63) is 52.8 Å². The van der Waals surface area contributed by atoms with Gasteiger partial charge in [-0.15, -0.1) is 0 Å². The fourth-order valence-electron chi connectivity index (χ4n) is 2.44. The predicted octanol–water partition coefficient (Wildman–Crippen LogP) is 2.99. The van der Waals surface area contributed by atoms with Gasteiger partial charge < -0.3 is 14.8 Å². The zero-order chi connectivity index (χ0) is 18.2. The molecule has 1 aromatic carbocycles. The lowest BCUT2D eigenvalue weighted by atomic mass is 10.4. The lowest BCUT2D eigenvalue weighted by Crippen LogP contribution is -2.39. The van der Waals surface area contributed by atoms with Gasteiger partial charge in [-0.1, -0.05) is 18.2 Å². The van der Waals surface area contributed by atoms with Gasteiger partial charge in [-0.2, -0.15) is 0 Å². The summed E-state index contributed by atoms with van der Waals surface area (Å²) >= 11 is 3.50. The molecule has 0 saturated heterocycles. The van der Waals surface area contributed by atoms with Gasteiger partial charge >= 0.3 is 0 Å². The van der Waals surface area contributed by atoms with Gasteiger partial charge in [-0.3, -0.25) is 9.20 Å². The second-order valence-corrected chi connectivity index (χ2v) is 8.20. The van der Waals surface area contributed by atoms with Crippen LogP contribution in [0.3, 0.4) is 0 Å². The molecular formula is C18H25BrN4OS. The van der Waals surface area contributed by atoms with E-state index in [1.165, 1.54) is 5.69 Å². The minimum absolute atomic E-state index is 0.516. The monoisotopic (exact) mass is 424 g/mol. The molecule has 25 heavy (non-hydrogen) atoms. The first-order chi connectivity index (χ1) is 12.0. The molecule has 0 aliphatic carbocycles. The Bertz CT molecular complexity index is 730. The minimum Gasteiger partial charge on any atom is -0.357 e. The molecular weight excluding hydrogens is 400 g/mol. The topological polar surface area (TPSA) is 49.6 Å². The standard InChI is InChI=1S/C18H25BrN4OS/c1-4-20-18(23(3)14-16-12-15(19)13-22(16)2)21-10-11-25(24)17-8-6-5-7-9-17/h5-9,12-13H,4,10-11,14H2,1-3H3,(H,20,21). The van der Waals surface area contributed by atoms with Gasteiger partial charge in [0.05, 0.1) is 23.9 Å². The second-order valence-electron chi connectivity index (χ2n) is 5.71. The number of aromatic nitrogens is 1. The third-order valence-electron chi connectivity index (χ3n) is 3.71. The van der Waals surface area contributed by atoms with E-state index in [0.29, 0.717) is 12.3 Å². The summed E-state index contributed by atoms with van der Waals surface area (Å²) < 4.78 is 15.5. The number of hydrogen-bond acceptors (Lipinski definition) is 2. The number of rotatable bonds is 7. The Labute approximate surface area is 160 Å². The molecule has 0 fully saturated rings. The van der Waals surface area contributed by atoms with E-state index in [0.717, 1.165) is 28.4 Å². The average Bonchev–Trinajstić information content (AvgIpc) is 2.91. The third kappa shape index (κ3) is 6.01. The zero-order valence-electron chi connectivity index (χ0n) is 14.9. The number of guanidine groups is 1. The van der Waals surface area contributed by atoms with Crippen LogP contribution < -0.4 is 5.32 Å². The Morgan fingerprint density at radius 1 is 1.36 bits per heavy atom.